The number of ether oxygens (including phenoxy) is 1. The van der Waals surface area contributed by atoms with Gasteiger partial charge in [-0.05, 0) is 48.4 Å². The van der Waals surface area contributed by atoms with Crippen LogP contribution in [0.3, 0.4) is 0 Å². The molecule has 27 heavy (non-hydrogen) atoms. The summed E-state index contributed by atoms with van der Waals surface area (Å²) >= 11 is 6.02. The molecule has 0 aliphatic carbocycles. The first-order valence-electron chi connectivity index (χ1n) is 8.34. The number of nitrogens with one attached hydrogen (secondary N) is 2. The molecule has 3 aromatic rings. The van der Waals surface area contributed by atoms with Crippen molar-refractivity contribution in [2.75, 3.05) is 12.4 Å². The minimum absolute atomic E-state index is 0.243. The molecule has 6 nitrogen and oxygen atoms in total. The van der Waals surface area contributed by atoms with E-state index in [-0.39, 0.29) is 11.6 Å². The van der Waals surface area contributed by atoms with Crippen LogP contribution in [0.4, 0.5) is 11.5 Å². The molecule has 2 aromatic carbocycles. The maximum atomic E-state index is 12.3. The number of benzene rings is 2. The molecule has 0 radical (unpaired) electrons. The lowest BCUT2D eigenvalue weighted by Crippen LogP contribution is -2.24. The third-order valence-electron chi connectivity index (χ3n) is 4.02. The summed E-state index contributed by atoms with van der Waals surface area (Å²) in [5, 5.41) is 14.5. The summed E-state index contributed by atoms with van der Waals surface area (Å²) < 4.78 is 5.28. The highest BCUT2D eigenvalue weighted by Gasteiger charge is 2.10. The summed E-state index contributed by atoms with van der Waals surface area (Å²) in [5.41, 5.74) is 3.09. The van der Waals surface area contributed by atoms with Crippen LogP contribution in [-0.4, -0.2) is 23.2 Å². The Labute approximate surface area is 162 Å². The number of aromatic nitrogens is 2. The predicted molar refractivity (Wildman–Crippen MR) is 106 cm³/mol. The first kappa shape index (κ1) is 18.7. The number of hydrogen-bond donors (Lipinski definition) is 2. The van der Waals surface area contributed by atoms with Gasteiger partial charge in [0.25, 0.3) is 5.91 Å². The molecule has 0 saturated carbocycles. The molecule has 0 unspecified atom stereocenters. The summed E-state index contributed by atoms with van der Waals surface area (Å²) in [4.78, 5) is 12.3. The van der Waals surface area contributed by atoms with E-state index < -0.39 is 0 Å². The van der Waals surface area contributed by atoms with Gasteiger partial charge in [0.05, 0.1) is 12.8 Å². The van der Waals surface area contributed by atoms with Gasteiger partial charge >= 0.3 is 0 Å². The number of carbonyl (C=O) groups excluding carboxylic acids is 1. The lowest BCUT2D eigenvalue weighted by molar-refractivity contribution is 0.0945. The summed E-state index contributed by atoms with van der Waals surface area (Å²) in [6, 6.07) is 16.4. The summed E-state index contributed by atoms with van der Waals surface area (Å²) in [6.07, 6.45) is 0. The van der Waals surface area contributed by atoms with E-state index in [1.54, 1.807) is 37.4 Å². The van der Waals surface area contributed by atoms with Crippen LogP contribution in [0.1, 0.15) is 21.6 Å². The average Bonchev–Trinajstić information content (AvgIpc) is 2.68. The molecule has 0 saturated heterocycles. The summed E-state index contributed by atoms with van der Waals surface area (Å²) in [6.45, 7) is 2.44. The van der Waals surface area contributed by atoms with Crippen molar-refractivity contribution in [3.05, 3.63) is 76.4 Å². The minimum atomic E-state index is -0.280. The fraction of sp³-hybridized carbons (Fsp3) is 0.150. The average molecular weight is 383 g/mol. The van der Waals surface area contributed by atoms with E-state index >= 15 is 0 Å². The normalized spacial score (nSPS) is 10.3. The molecule has 2 N–H and O–H groups in total. The van der Waals surface area contributed by atoms with Crippen LogP contribution in [0, 0.1) is 6.92 Å². The third-order valence-corrected chi connectivity index (χ3v) is 4.26. The van der Waals surface area contributed by atoms with Crippen molar-refractivity contribution in [2.24, 2.45) is 0 Å². The lowest BCUT2D eigenvalue weighted by atomic mass is 10.1. The highest BCUT2D eigenvalue weighted by atomic mass is 35.5. The number of aryl methyl sites for hydroxylation is 1. The molecule has 0 atom stereocenters. The quantitative estimate of drug-likeness (QED) is 0.670. The number of methoxy groups -OCH3 is 1. The number of anilines is 2. The van der Waals surface area contributed by atoms with Crippen LogP contribution < -0.4 is 15.4 Å². The van der Waals surface area contributed by atoms with Gasteiger partial charge in [0.15, 0.2) is 11.5 Å². The number of hydrogen-bond acceptors (Lipinski definition) is 5. The van der Waals surface area contributed by atoms with Crippen LogP contribution in [0.2, 0.25) is 5.02 Å². The zero-order valence-electron chi connectivity index (χ0n) is 15.0. The second-order valence-corrected chi connectivity index (χ2v) is 6.32. The first-order chi connectivity index (χ1) is 13.1. The Morgan fingerprint density at radius 1 is 1.11 bits per heavy atom. The topological polar surface area (TPSA) is 76.1 Å². The van der Waals surface area contributed by atoms with E-state index in [9.17, 15) is 4.79 Å². The Morgan fingerprint density at radius 2 is 1.93 bits per heavy atom. The molecule has 0 fully saturated rings. The standard InChI is InChI=1S/C20H19ClN4O2/c1-13-5-3-4-6-14(13)12-22-20(26)16-8-10-19(25-24-16)23-17-11-15(21)7-9-18(17)27-2/h3-11H,12H2,1-2H3,(H,22,26)(H,23,25). The Bertz CT molecular complexity index is 945. The van der Waals surface area contributed by atoms with Crippen molar-refractivity contribution < 1.29 is 9.53 Å². The molecule has 0 bridgehead atoms. The Hall–Kier alpha value is -3.12. The smallest absolute Gasteiger partial charge is 0.272 e. The Balaban J connectivity index is 1.65. The van der Waals surface area contributed by atoms with Crippen LogP contribution in [-0.2, 0) is 6.54 Å². The van der Waals surface area contributed by atoms with E-state index in [2.05, 4.69) is 20.8 Å². The maximum Gasteiger partial charge on any atom is 0.272 e. The Kier molecular flexibility index (Phi) is 5.88. The van der Waals surface area contributed by atoms with Gasteiger partial charge in [-0.1, -0.05) is 35.9 Å². The van der Waals surface area contributed by atoms with Crippen LogP contribution >= 0.6 is 11.6 Å². The number of carbonyl (C=O) groups is 1. The van der Waals surface area contributed by atoms with E-state index in [1.807, 2.05) is 31.2 Å². The molecule has 1 heterocycles. The Morgan fingerprint density at radius 3 is 2.63 bits per heavy atom. The zero-order valence-corrected chi connectivity index (χ0v) is 15.7. The van der Waals surface area contributed by atoms with E-state index in [1.165, 1.54) is 0 Å². The highest BCUT2D eigenvalue weighted by Crippen LogP contribution is 2.29. The predicted octanol–water partition coefficient (Wildman–Crippen LogP) is 4.12. The molecule has 7 heteroatoms. The van der Waals surface area contributed by atoms with Gasteiger partial charge in [0, 0.05) is 11.6 Å². The van der Waals surface area contributed by atoms with Crippen molar-refractivity contribution in [2.45, 2.75) is 13.5 Å². The second kappa shape index (κ2) is 8.51. The van der Waals surface area contributed by atoms with Gasteiger partial charge in [0.2, 0.25) is 0 Å². The first-order valence-corrected chi connectivity index (χ1v) is 8.71. The highest BCUT2D eigenvalue weighted by molar-refractivity contribution is 6.31. The molecule has 0 aliphatic rings. The maximum absolute atomic E-state index is 12.3. The van der Waals surface area contributed by atoms with Crippen molar-refractivity contribution in [3.63, 3.8) is 0 Å². The van der Waals surface area contributed by atoms with Crippen LogP contribution in [0.15, 0.2) is 54.6 Å². The number of nitrogens with zero attached hydrogens (tertiary/aromatic N) is 2. The van der Waals surface area contributed by atoms with E-state index in [0.717, 1.165) is 11.1 Å². The van der Waals surface area contributed by atoms with Gasteiger partial charge < -0.3 is 15.4 Å². The second-order valence-electron chi connectivity index (χ2n) is 5.88. The van der Waals surface area contributed by atoms with Gasteiger partial charge in [-0.15, -0.1) is 10.2 Å². The third kappa shape index (κ3) is 4.74. The summed E-state index contributed by atoms with van der Waals surface area (Å²) in [7, 11) is 1.57. The van der Waals surface area contributed by atoms with Crippen molar-refractivity contribution in [1.29, 1.82) is 0 Å². The van der Waals surface area contributed by atoms with Crippen molar-refractivity contribution >= 4 is 29.0 Å². The van der Waals surface area contributed by atoms with Crippen molar-refractivity contribution in [3.8, 4) is 5.75 Å². The molecule has 3 rings (SSSR count). The van der Waals surface area contributed by atoms with E-state index in [4.69, 9.17) is 16.3 Å². The molecule has 138 valence electrons. The molecular formula is C20H19ClN4O2. The summed E-state index contributed by atoms with van der Waals surface area (Å²) in [5.74, 6) is 0.824. The van der Waals surface area contributed by atoms with Gasteiger partial charge in [-0.3, -0.25) is 4.79 Å². The van der Waals surface area contributed by atoms with Gasteiger partial charge in [0.1, 0.15) is 5.75 Å². The monoisotopic (exact) mass is 382 g/mol. The molecule has 1 amide bonds. The number of amides is 1. The zero-order chi connectivity index (χ0) is 19.2. The largest absolute Gasteiger partial charge is 0.495 e. The van der Waals surface area contributed by atoms with Crippen LogP contribution in [0.25, 0.3) is 0 Å². The molecule has 1 aromatic heterocycles. The molecule has 0 aliphatic heterocycles. The van der Waals surface area contributed by atoms with Crippen LogP contribution in [0.5, 0.6) is 5.75 Å². The lowest BCUT2D eigenvalue weighted by Gasteiger charge is -2.11. The van der Waals surface area contributed by atoms with Gasteiger partial charge in [-0.25, -0.2) is 0 Å². The minimum Gasteiger partial charge on any atom is -0.495 e. The van der Waals surface area contributed by atoms with Gasteiger partial charge in [-0.2, -0.15) is 0 Å². The molecule has 0 spiro atoms. The van der Waals surface area contributed by atoms with Crippen molar-refractivity contribution in [1.82, 2.24) is 15.5 Å². The fourth-order valence-electron chi connectivity index (χ4n) is 2.51. The number of halogens is 1. The fourth-order valence-corrected chi connectivity index (χ4v) is 2.68. The van der Waals surface area contributed by atoms with E-state index in [0.29, 0.717) is 28.8 Å². The molecular weight excluding hydrogens is 364 g/mol. The number of rotatable bonds is 6. The SMILES string of the molecule is COc1ccc(Cl)cc1Nc1ccc(C(=O)NCc2ccccc2C)nn1.